The molecule has 1 amide bonds. The lowest BCUT2D eigenvalue weighted by molar-refractivity contribution is 0.00578. The van der Waals surface area contributed by atoms with Gasteiger partial charge in [0.15, 0.2) is 0 Å². The maximum atomic E-state index is 12.0. The standard InChI is InChI=1S/C20H25BN2O3/c1-19(2)20(3,4)26-21(25-19)17-11-16(12-22-13-17)14-7-9-15(10-8-14)18(24)23(5)6/h7-13H,1-6H3. The highest BCUT2D eigenvalue weighted by molar-refractivity contribution is 6.62. The number of aromatic nitrogens is 1. The lowest BCUT2D eigenvalue weighted by Gasteiger charge is -2.32. The second kappa shape index (κ2) is 6.52. The molecule has 1 saturated heterocycles. The molecular formula is C20H25BN2O3. The van der Waals surface area contributed by atoms with Crippen molar-refractivity contribution in [3.05, 3.63) is 48.3 Å². The van der Waals surface area contributed by atoms with Gasteiger partial charge in [-0.25, -0.2) is 0 Å². The summed E-state index contributed by atoms with van der Waals surface area (Å²) in [6.07, 6.45) is 3.58. The summed E-state index contributed by atoms with van der Waals surface area (Å²) < 4.78 is 12.2. The van der Waals surface area contributed by atoms with Crippen LogP contribution in [0.1, 0.15) is 38.1 Å². The van der Waals surface area contributed by atoms with Gasteiger partial charge in [0, 0.05) is 37.5 Å². The molecule has 0 saturated carbocycles. The van der Waals surface area contributed by atoms with Crippen molar-refractivity contribution in [2.24, 2.45) is 0 Å². The van der Waals surface area contributed by atoms with Crippen LogP contribution in [0, 0.1) is 0 Å². The number of carbonyl (C=O) groups is 1. The number of rotatable bonds is 3. The molecule has 1 aliphatic rings. The van der Waals surface area contributed by atoms with Crippen molar-refractivity contribution >= 4 is 18.5 Å². The molecule has 0 radical (unpaired) electrons. The smallest absolute Gasteiger partial charge is 0.399 e. The summed E-state index contributed by atoms with van der Waals surface area (Å²) in [5, 5.41) is 0. The van der Waals surface area contributed by atoms with Crippen LogP contribution in [0.3, 0.4) is 0 Å². The second-order valence-corrected chi connectivity index (χ2v) is 7.87. The van der Waals surface area contributed by atoms with Crippen LogP contribution in [0.5, 0.6) is 0 Å². The number of amides is 1. The Labute approximate surface area is 155 Å². The van der Waals surface area contributed by atoms with Crippen LogP contribution in [0.2, 0.25) is 0 Å². The van der Waals surface area contributed by atoms with Crippen LogP contribution in [0.4, 0.5) is 0 Å². The summed E-state index contributed by atoms with van der Waals surface area (Å²) in [5.41, 5.74) is 2.72. The number of nitrogens with zero attached hydrogens (tertiary/aromatic N) is 2. The molecule has 0 aliphatic carbocycles. The Morgan fingerprint density at radius 3 is 2.08 bits per heavy atom. The molecule has 1 fully saturated rings. The quantitative estimate of drug-likeness (QED) is 0.797. The van der Waals surface area contributed by atoms with Gasteiger partial charge in [0.25, 0.3) is 5.91 Å². The van der Waals surface area contributed by atoms with Crippen molar-refractivity contribution < 1.29 is 14.1 Å². The van der Waals surface area contributed by atoms with E-state index >= 15 is 0 Å². The van der Waals surface area contributed by atoms with Crippen molar-refractivity contribution in [1.29, 1.82) is 0 Å². The molecule has 0 N–H and O–H groups in total. The molecule has 6 heteroatoms. The van der Waals surface area contributed by atoms with E-state index in [0.717, 1.165) is 16.6 Å². The fraction of sp³-hybridized carbons (Fsp3) is 0.400. The number of hydrogen-bond acceptors (Lipinski definition) is 4. The molecule has 0 unspecified atom stereocenters. The van der Waals surface area contributed by atoms with Gasteiger partial charge in [0.05, 0.1) is 11.2 Å². The van der Waals surface area contributed by atoms with E-state index in [1.165, 1.54) is 0 Å². The highest BCUT2D eigenvalue weighted by Gasteiger charge is 2.51. The summed E-state index contributed by atoms with van der Waals surface area (Å²) in [4.78, 5) is 17.9. The van der Waals surface area contributed by atoms with E-state index in [0.29, 0.717) is 5.56 Å². The van der Waals surface area contributed by atoms with Gasteiger partial charge < -0.3 is 14.2 Å². The molecule has 26 heavy (non-hydrogen) atoms. The Morgan fingerprint density at radius 1 is 0.962 bits per heavy atom. The van der Waals surface area contributed by atoms with Crippen LogP contribution in [0.15, 0.2) is 42.7 Å². The summed E-state index contributed by atoms with van der Waals surface area (Å²) in [5.74, 6) is -0.0133. The van der Waals surface area contributed by atoms with Gasteiger partial charge in [-0.3, -0.25) is 9.78 Å². The average Bonchev–Trinajstić information content (AvgIpc) is 2.82. The van der Waals surface area contributed by atoms with Crippen LogP contribution < -0.4 is 5.46 Å². The third kappa shape index (κ3) is 3.39. The maximum absolute atomic E-state index is 12.0. The van der Waals surface area contributed by atoms with Gasteiger partial charge in [0.2, 0.25) is 0 Å². The first-order chi connectivity index (χ1) is 12.1. The summed E-state index contributed by atoms with van der Waals surface area (Å²) in [7, 11) is 3.05. The molecule has 136 valence electrons. The molecule has 0 spiro atoms. The van der Waals surface area contributed by atoms with E-state index < -0.39 is 7.12 Å². The molecule has 0 atom stereocenters. The van der Waals surface area contributed by atoms with Gasteiger partial charge in [-0.15, -0.1) is 0 Å². The minimum Gasteiger partial charge on any atom is -0.399 e. The average molecular weight is 352 g/mol. The van der Waals surface area contributed by atoms with Crippen LogP contribution >= 0.6 is 0 Å². The van der Waals surface area contributed by atoms with Crippen LogP contribution in [0.25, 0.3) is 11.1 Å². The van der Waals surface area contributed by atoms with E-state index in [1.807, 2.05) is 58.0 Å². The van der Waals surface area contributed by atoms with Crippen molar-refractivity contribution in [3.63, 3.8) is 0 Å². The molecule has 3 rings (SSSR count). The third-order valence-corrected chi connectivity index (χ3v) is 5.16. The molecule has 1 aliphatic heterocycles. The number of carbonyl (C=O) groups excluding carboxylic acids is 1. The maximum Gasteiger partial charge on any atom is 0.496 e. The summed E-state index contributed by atoms with van der Waals surface area (Å²) in [6, 6.07) is 9.56. The Hall–Kier alpha value is -2.18. The van der Waals surface area contributed by atoms with Gasteiger partial charge in [-0.2, -0.15) is 0 Å². The summed E-state index contributed by atoms with van der Waals surface area (Å²) in [6.45, 7) is 8.13. The van der Waals surface area contributed by atoms with Gasteiger partial charge >= 0.3 is 7.12 Å². The molecule has 2 heterocycles. The predicted molar refractivity (Wildman–Crippen MR) is 103 cm³/mol. The minimum atomic E-state index is -0.443. The van der Waals surface area contributed by atoms with Gasteiger partial charge in [-0.1, -0.05) is 18.2 Å². The largest absolute Gasteiger partial charge is 0.496 e. The van der Waals surface area contributed by atoms with Crippen molar-refractivity contribution in [2.75, 3.05) is 14.1 Å². The molecule has 0 bridgehead atoms. The SMILES string of the molecule is CN(C)C(=O)c1ccc(-c2cncc(B3OC(C)(C)C(C)(C)O3)c2)cc1. The van der Waals surface area contributed by atoms with Crippen molar-refractivity contribution in [2.45, 2.75) is 38.9 Å². The third-order valence-electron chi connectivity index (χ3n) is 5.16. The molecule has 1 aromatic heterocycles. The Morgan fingerprint density at radius 2 is 1.54 bits per heavy atom. The van der Waals surface area contributed by atoms with E-state index in [-0.39, 0.29) is 17.1 Å². The molecule has 2 aromatic rings. The lowest BCUT2D eigenvalue weighted by Crippen LogP contribution is -2.41. The van der Waals surface area contributed by atoms with E-state index in [9.17, 15) is 4.79 Å². The van der Waals surface area contributed by atoms with Crippen LogP contribution in [-0.2, 0) is 9.31 Å². The lowest BCUT2D eigenvalue weighted by atomic mass is 9.79. The number of benzene rings is 1. The van der Waals surface area contributed by atoms with Crippen LogP contribution in [-0.4, -0.2) is 48.2 Å². The monoisotopic (exact) mass is 352 g/mol. The Balaban J connectivity index is 1.85. The first-order valence-corrected chi connectivity index (χ1v) is 8.73. The van der Waals surface area contributed by atoms with E-state index in [1.54, 1.807) is 31.4 Å². The minimum absolute atomic E-state index is 0.0133. The number of pyridine rings is 1. The topological polar surface area (TPSA) is 51.7 Å². The predicted octanol–water partition coefficient (Wildman–Crippen LogP) is 2.75. The normalized spacial score (nSPS) is 18.0. The van der Waals surface area contributed by atoms with E-state index in [4.69, 9.17) is 9.31 Å². The molecular weight excluding hydrogens is 327 g/mol. The Kier molecular flexibility index (Phi) is 4.67. The molecule has 5 nitrogen and oxygen atoms in total. The fourth-order valence-corrected chi connectivity index (χ4v) is 2.79. The highest BCUT2D eigenvalue weighted by Crippen LogP contribution is 2.36. The zero-order chi connectivity index (χ0) is 19.1. The first-order valence-electron chi connectivity index (χ1n) is 8.73. The molecule has 1 aromatic carbocycles. The fourth-order valence-electron chi connectivity index (χ4n) is 2.79. The Bertz CT molecular complexity index is 800. The zero-order valence-electron chi connectivity index (χ0n) is 16.2. The number of hydrogen-bond donors (Lipinski definition) is 0. The van der Waals surface area contributed by atoms with Gasteiger partial charge in [-0.05, 0) is 51.0 Å². The van der Waals surface area contributed by atoms with Gasteiger partial charge in [0.1, 0.15) is 0 Å². The van der Waals surface area contributed by atoms with E-state index in [2.05, 4.69) is 4.98 Å². The second-order valence-electron chi connectivity index (χ2n) is 7.87. The zero-order valence-corrected chi connectivity index (χ0v) is 16.2. The van der Waals surface area contributed by atoms with Crippen molar-refractivity contribution in [1.82, 2.24) is 9.88 Å². The highest BCUT2D eigenvalue weighted by atomic mass is 16.7. The first kappa shape index (κ1) is 18.6. The summed E-state index contributed by atoms with van der Waals surface area (Å²) >= 11 is 0. The van der Waals surface area contributed by atoms with Crippen molar-refractivity contribution in [3.8, 4) is 11.1 Å².